The van der Waals surface area contributed by atoms with Crippen LogP contribution in [0.3, 0.4) is 0 Å². The Morgan fingerprint density at radius 1 is 1.47 bits per heavy atom. The lowest BCUT2D eigenvalue weighted by Gasteiger charge is -2.25. The summed E-state index contributed by atoms with van der Waals surface area (Å²) in [6, 6.07) is 5.13. The Balaban J connectivity index is 2.09. The molecule has 0 unspecified atom stereocenters. The maximum atomic E-state index is 11.8. The first-order valence-electron chi connectivity index (χ1n) is 5.87. The molecule has 0 saturated carbocycles. The van der Waals surface area contributed by atoms with Gasteiger partial charge in [-0.3, -0.25) is 4.79 Å². The Labute approximate surface area is 124 Å². The van der Waals surface area contributed by atoms with Gasteiger partial charge in [0.15, 0.2) is 0 Å². The molecule has 1 aromatic rings. The van der Waals surface area contributed by atoms with Crippen LogP contribution >= 0.6 is 27.7 Å². The molecule has 0 atom stereocenters. The molecular formula is C13H13BrO4S. The quantitative estimate of drug-likeness (QED) is 0.467. The van der Waals surface area contributed by atoms with Gasteiger partial charge in [-0.15, -0.1) is 11.8 Å². The van der Waals surface area contributed by atoms with E-state index in [2.05, 4.69) is 15.9 Å². The van der Waals surface area contributed by atoms with Gasteiger partial charge in [0.05, 0.1) is 25.1 Å². The number of esters is 1. The average Bonchev–Trinajstić information content (AvgIpc) is 2.34. The number of ketones is 1. The second kappa shape index (κ2) is 6.54. The second-order valence-corrected chi connectivity index (χ2v) is 6.17. The average molecular weight is 345 g/mol. The third-order valence-electron chi connectivity index (χ3n) is 2.56. The van der Waals surface area contributed by atoms with Gasteiger partial charge in [0, 0.05) is 14.9 Å². The summed E-state index contributed by atoms with van der Waals surface area (Å²) >= 11 is 5.12. The normalized spacial score (nSPS) is 14.8. The molecule has 1 heterocycles. The van der Waals surface area contributed by atoms with E-state index in [1.54, 1.807) is 30.8 Å². The molecule has 0 aromatic heterocycles. The molecule has 19 heavy (non-hydrogen) atoms. The van der Waals surface area contributed by atoms with Crippen LogP contribution < -0.4 is 0 Å². The minimum Gasteiger partial charge on any atom is -0.460 e. The summed E-state index contributed by atoms with van der Waals surface area (Å²) in [5.41, 5.74) is 0.333. The zero-order chi connectivity index (χ0) is 13.8. The van der Waals surface area contributed by atoms with E-state index in [0.29, 0.717) is 10.8 Å². The number of ether oxygens (including phenoxy) is 2. The fraction of sp³-hybridized carbons (Fsp3) is 0.385. The third kappa shape index (κ3) is 3.58. The first-order valence-corrected chi connectivity index (χ1v) is 7.54. The number of carbonyl (C=O) groups excluding carboxylic acids is 2. The van der Waals surface area contributed by atoms with Crippen LogP contribution in [-0.2, 0) is 14.3 Å². The third-order valence-corrected chi connectivity index (χ3v) is 4.69. The Kier molecular flexibility index (Phi) is 5.01. The summed E-state index contributed by atoms with van der Waals surface area (Å²) in [4.78, 5) is 24.2. The number of halogens is 1. The van der Waals surface area contributed by atoms with Gasteiger partial charge in [0.2, 0.25) is 0 Å². The molecule has 0 spiro atoms. The summed E-state index contributed by atoms with van der Waals surface area (Å²) in [6.45, 7) is 3.37. The number of benzene rings is 1. The van der Waals surface area contributed by atoms with Crippen molar-refractivity contribution in [3.8, 4) is 0 Å². The van der Waals surface area contributed by atoms with Gasteiger partial charge in [-0.1, -0.05) is 0 Å². The lowest BCUT2D eigenvalue weighted by molar-refractivity contribution is -0.137. The molecule has 0 radical (unpaired) electrons. The minimum absolute atomic E-state index is 0.196. The largest absolute Gasteiger partial charge is 0.460 e. The standard InChI is InChI=1S/C13H13BrO4S/c1-2-18-13(16)12(15)8-3-4-11(10(14)5-8)19-9-6-17-7-9/h3-5,9H,2,6-7H2,1H3. The molecular weight excluding hydrogens is 332 g/mol. The highest BCUT2D eigenvalue weighted by Crippen LogP contribution is 2.34. The molecule has 1 fully saturated rings. The number of hydrogen-bond acceptors (Lipinski definition) is 5. The van der Waals surface area contributed by atoms with Gasteiger partial charge < -0.3 is 9.47 Å². The van der Waals surface area contributed by atoms with Gasteiger partial charge in [-0.2, -0.15) is 0 Å². The van der Waals surface area contributed by atoms with Gasteiger partial charge in [0.25, 0.3) is 5.78 Å². The van der Waals surface area contributed by atoms with Gasteiger partial charge in [-0.05, 0) is 41.1 Å². The zero-order valence-electron chi connectivity index (χ0n) is 10.3. The topological polar surface area (TPSA) is 52.6 Å². The molecule has 102 valence electrons. The molecule has 1 saturated heterocycles. The first kappa shape index (κ1) is 14.6. The summed E-state index contributed by atoms with van der Waals surface area (Å²) in [5.74, 6) is -1.44. The van der Waals surface area contributed by atoms with Crippen molar-refractivity contribution >= 4 is 39.4 Å². The fourth-order valence-corrected chi connectivity index (χ4v) is 3.18. The highest BCUT2D eigenvalue weighted by Gasteiger charge is 2.22. The molecule has 1 aliphatic rings. The van der Waals surface area contributed by atoms with E-state index in [1.807, 2.05) is 6.07 Å². The van der Waals surface area contributed by atoms with Gasteiger partial charge in [-0.25, -0.2) is 4.79 Å². The summed E-state index contributed by atoms with van der Waals surface area (Å²) < 4.78 is 10.6. The molecule has 0 aliphatic carbocycles. The van der Waals surface area contributed by atoms with Gasteiger partial charge >= 0.3 is 5.97 Å². The Bertz CT molecular complexity index is 499. The van der Waals surface area contributed by atoms with Crippen molar-refractivity contribution in [1.29, 1.82) is 0 Å². The SMILES string of the molecule is CCOC(=O)C(=O)c1ccc(SC2COC2)c(Br)c1. The van der Waals surface area contributed by atoms with Crippen LogP contribution in [0.25, 0.3) is 0 Å². The number of rotatable bonds is 5. The van der Waals surface area contributed by atoms with E-state index in [9.17, 15) is 9.59 Å². The van der Waals surface area contributed by atoms with Gasteiger partial charge in [0.1, 0.15) is 0 Å². The molecule has 1 aliphatic heterocycles. The molecule has 0 amide bonds. The first-order chi connectivity index (χ1) is 9.11. The van der Waals surface area contributed by atoms with Crippen LogP contribution in [0.1, 0.15) is 17.3 Å². The zero-order valence-corrected chi connectivity index (χ0v) is 12.8. The van der Waals surface area contributed by atoms with E-state index >= 15 is 0 Å². The van der Waals surface area contributed by atoms with Crippen molar-refractivity contribution in [2.24, 2.45) is 0 Å². The highest BCUT2D eigenvalue weighted by atomic mass is 79.9. The van der Waals surface area contributed by atoms with Crippen molar-refractivity contribution < 1.29 is 19.1 Å². The Hall–Kier alpha value is -0.850. The van der Waals surface area contributed by atoms with Crippen LogP contribution in [-0.4, -0.2) is 36.8 Å². The predicted molar refractivity (Wildman–Crippen MR) is 75.6 cm³/mol. The molecule has 6 heteroatoms. The maximum absolute atomic E-state index is 11.8. The van der Waals surface area contributed by atoms with Crippen LogP contribution in [0, 0.1) is 0 Å². The fourth-order valence-electron chi connectivity index (χ4n) is 1.51. The predicted octanol–water partition coefficient (Wildman–Crippen LogP) is 2.69. The maximum Gasteiger partial charge on any atom is 0.379 e. The molecule has 2 rings (SSSR count). The number of thioether (sulfide) groups is 1. The van der Waals surface area contributed by atoms with E-state index in [-0.39, 0.29) is 6.61 Å². The second-order valence-electron chi connectivity index (χ2n) is 3.97. The number of carbonyl (C=O) groups is 2. The van der Waals surface area contributed by atoms with Crippen LogP contribution in [0.4, 0.5) is 0 Å². The molecule has 4 nitrogen and oxygen atoms in total. The van der Waals surface area contributed by atoms with Crippen LogP contribution in [0.15, 0.2) is 27.6 Å². The summed E-state index contributed by atoms with van der Waals surface area (Å²) in [6.07, 6.45) is 0. The molecule has 0 bridgehead atoms. The Morgan fingerprint density at radius 2 is 2.21 bits per heavy atom. The van der Waals surface area contributed by atoms with Crippen molar-refractivity contribution in [2.45, 2.75) is 17.1 Å². The smallest absolute Gasteiger partial charge is 0.379 e. The number of Topliss-reactive ketones (excluding diaryl/α,β-unsaturated/α-hetero) is 1. The van der Waals surface area contributed by atoms with Crippen molar-refractivity contribution in [1.82, 2.24) is 0 Å². The van der Waals surface area contributed by atoms with Crippen molar-refractivity contribution in [2.75, 3.05) is 19.8 Å². The minimum atomic E-state index is -0.817. The Morgan fingerprint density at radius 3 is 2.74 bits per heavy atom. The van der Waals surface area contributed by atoms with Crippen LogP contribution in [0.2, 0.25) is 0 Å². The lowest BCUT2D eigenvalue weighted by Crippen LogP contribution is -2.30. The summed E-state index contributed by atoms with van der Waals surface area (Å²) in [7, 11) is 0. The van der Waals surface area contributed by atoms with E-state index in [1.165, 1.54) is 0 Å². The van der Waals surface area contributed by atoms with E-state index in [4.69, 9.17) is 9.47 Å². The highest BCUT2D eigenvalue weighted by molar-refractivity contribution is 9.10. The van der Waals surface area contributed by atoms with Crippen molar-refractivity contribution in [3.63, 3.8) is 0 Å². The monoisotopic (exact) mass is 344 g/mol. The number of hydrogen-bond donors (Lipinski definition) is 0. The van der Waals surface area contributed by atoms with Crippen LogP contribution in [0.5, 0.6) is 0 Å². The lowest BCUT2D eigenvalue weighted by atomic mass is 10.1. The van der Waals surface area contributed by atoms with Crippen molar-refractivity contribution in [3.05, 3.63) is 28.2 Å². The van der Waals surface area contributed by atoms with E-state index in [0.717, 1.165) is 22.6 Å². The molecule has 0 N–H and O–H groups in total. The summed E-state index contributed by atoms with van der Waals surface area (Å²) in [5, 5.41) is 0.461. The van der Waals surface area contributed by atoms with E-state index < -0.39 is 11.8 Å². The molecule has 1 aromatic carbocycles.